The average Bonchev–Trinajstić information content (AvgIpc) is 2.40. The summed E-state index contributed by atoms with van der Waals surface area (Å²) in [5.74, 6) is -1.17. The molecule has 4 nitrogen and oxygen atoms in total. The van der Waals surface area contributed by atoms with Gasteiger partial charge in [-0.25, -0.2) is 0 Å². The molecule has 0 saturated carbocycles. The average molecular weight is 274 g/mol. The Morgan fingerprint density at radius 3 is 2.25 bits per heavy atom. The number of rotatable bonds is 4. The van der Waals surface area contributed by atoms with E-state index in [1.807, 2.05) is 13.8 Å². The molecule has 4 heteroatoms. The number of ketones is 2. The summed E-state index contributed by atoms with van der Waals surface area (Å²) < 4.78 is 0. The third kappa shape index (κ3) is 2.22. The summed E-state index contributed by atoms with van der Waals surface area (Å²) in [5, 5.41) is 20.2. The number of carbonyl (C=O) groups excluding carboxylic acids is 2. The molecule has 1 aliphatic rings. The zero-order valence-electron chi connectivity index (χ0n) is 11.7. The second-order valence-corrected chi connectivity index (χ2v) is 5.02. The molecule has 0 aliphatic heterocycles. The van der Waals surface area contributed by atoms with Crippen molar-refractivity contribution in [1.29, 1.82) is 0 Å². The number of hydrogen-bond acceptors (Lipinski definition) is 4. The van der Waals surface area contributed by atoms with Crippen molar-refractivity contribution >= 4 is 11.6 Å². The molecule has 1 aromatic carbocycles. The van der Waals surface area contributed by atoms with Gasteiger partial charge in [0.05, 0.1) is 11.1 Å². The van der Waals surface area contributed by atoms with Gasteiger partial charge in [-0.3, -0.25) is 9.59 Å². The summed E-state index contributed by atoms with van der Waals surface area (Å²) in [4.78, 5) is 24.4. The van der Waals surface area contributed by atoms with Crippen LogP contribution in [-0.4, -0.2) is 21.8 Å². The fourth-order valence-corrected chi connectivity index (χ4v) is 2.55. The lowest BCUT2D eigenvalue weighted by Gasteiger charge is -2.19. The van der Waals surface area contributed by atoms with Crippen molar-refractivity contribution in [2.45, 2.75) is 39.5 Å². The highest BCUT2D eigenvalue weighted by atomic mass is 16.3. The van der Waals surface area contributed by atoms with Gasteiger partial charge in [0.1, 0.15) is 11.5 Å². The fourth-order valence-electron chi connectivity index (χ4n) is 2.55. The Morgan fingerprint density at radius 2 is 1.65 bits per heavy atom. The first-order chi connectivity index (χ1) is 9.51. The molecule has 0 aromatic heterocycles. The van der Waals surface area contributed by atoms with Crippen LogP contribution in [0.5, 0.6) is 11.5 Å². The summed E-state index contributed by atoms with van der Waals surface area (Å²) in [5.41, 5.74) is 0.775. The first kappa shape index (κ1) is 14.3. The maximum absolute atomic E-state index is 12.3. The van der Waals surface area contributed by atoms with Gasteiger partial charge >= 0.3 is 0 Å². The zero-order chi connectivity index (χ0) is 14.9. The van der Waals surface area contributed by atoms with Gasteiger partial charge in [-0.1, -0.05) is 26.7 Å². The minimum Gasteiger partial charge on any atom is -0.507 e. The summed E-state index contributed by atoms with van der Waals surface area (Å²) in [6, 6.07) is 1.39. The summed E-state index contributed by atoms with van der Waals surface area (Å²) in [6.07, 6.45) is 3.81. The van der Waals surface area contributed by atoms with E-state index in [-0.39, 0.29) is 28.4 Å². The van der Waals surface area contributed by atoms with E-state index >= 15 is 0 Å². The molecule has 106 valence electrons. The van der Waals surface area contributed by atoms with Crippen LogP contribution < -0.4 is 0 Å². The second-order valence-electron chi connectivity index (χ2n) is 5.02. The van der Waals surface area contributed by atoms with Crippen molar-refractivity contribution in [3.05, 3.63) is 34.4 Å². The van der Waals surface area contributed by atoms with E-state index < -0.39 is 5.78 Å². The Morgan fingerprint density at radius 1 is 1.00 bits per heavy atom. The maximum atomic E-state index is 12.3. The van der Waals surface area contributed by atoms with Gasteiger partial charge in [-0.05, 0) is 30.5 Å². The number of aryl methyl sites for hydroxylation is 1. The van der Waals surface area contributed by atoms with Crippen molar-refractivity contribution in [3.8, 4) is 11.5 Å². The van der Waals surface area contributed by atoms with Crippen molar-refractivity contribution in [2.75, 3.05) is 0 Å². The standard InChI is InChI=1S/C16H18O4/c1-3-5-9-7-11(17)14-13(15(9)19)12(18)8-10(6-4-2)16(14)20/h7-8,17,19H,3-6H2,1-2H3. The Hall–Kier alpha value is -2.10. The van der Waals surface area contributed by atoms with Gasteiger partial charge < -0.3 is 10.2 Å². The molecular weight excluding hydrogens is 256 g/mol. The lowest BCUT2D eigenvalue weighted by atomic mass is 9.84. The van der Waals surface area contributed by atoms with Gasteiger partial charge in [0.2, 0.25) is 0 Å². The number of benzene rings is 1. The highest BCUT2D eigenvalue weighted by molar-refractivity contribution is 6.26. The molecule has 0 saturated heterocycles. The zero-order valence-corrected chi connectivity index (χ0v) is 11.7. The van der Waals surface area contributed by atoms with Crippen LogP contribution >= 0.6 is 0 Å². The van der Waals surface area contributed by atoms with Gasteiger partial charge in [0.15, 0.2) is 11.6 Å². The highest BCUT2D eigenvalue weighted by Crippen LogP contribution is 2.38. The van der Waals surface area contributed by atoms with Crippen LogP contribution in [0.1, 0.15) is 59.4 Å². The van der Waals surface area contributed by atoms with Crippen molar-refractivity contribution in [3.63, 3.8) is 0 Å². The lowest BCUT2D eigenvalue weighted by molar-refractivity contribution is 0.0976. The van der Waals surface area contributed by atoms with Crippen LogP contribution in [0, 0.1) is 0 Å². The SMILES string of the molecule is CCCC1=CC(=O)c2c(O)c(CCC)cc(O)c2C1=O. The predicted octanol–water partition coefficient (Wildman–Crippen LogP) is 3.16. The molecule has 0 radical (unpaired) electrons. The maximum Gasteiger partial charge on any atom is 0.193 e. The number of carbonyl (C=O) groups is 2. The Kier molecular flexibility index (Phi) is 3.93. The third-order valence-electron chi connectivity index (χ3n) is 3.47. The number of phenolic OH excluding ortho intramolecular Hbond substituents is 2. The van der Waals surface area contributed by atoms with E-state index in [1.165, 1.54) is 12.1 Å². The van der Waals surface area contributed by atoms with Gasteiger partial charge in [-0.2, -0.15) is 0 Å². The Balaban J connectivity index is 2.63. The van der Waals surface area contributed by atoms with E-state index in [0.717, 1.165) is 12.8 Å². The molecular formula is C16H18O4. The largest absolute Gasteiger partial charge is 0.507 e. The van der Waals surface area contributed by atoms with Crippen molar-refractivity contribution in [2.24, 2.45) is 0 Å². The van der Waals surface area contributed by atoms with E-state index in [9.17, 15) is 19.8 Å². The Bertz CT molecular complexity index is 611. The van der Waals surface area contributed by atoms with Crippen LogP contribution in [0.25, 0.3) is 0 Å². The quantitative estimate of drug-likeness (QED) is 0.827. The van der Waals surface area contributed by atoms with E-state index in [1.54, 1.807) is 0 Å². The molecule has 2 N–H and O–H groups in total. The molecule has 0 spiro atoms. The number of Topliss-reactive ketones (excluding diaryl/α,β-unsaturated/α-hetero) is 1. The van der Waals surface area contributed by atoms with Crippen LogP contribution in [0.15, 0.2) is 17.7 Å². The Labute approximate surface area is 117 Å². The molecule has 0 amide bonds. The third-order valence-corrected chi connectivity index (χ3v) is 3.47. The fraction of sp³-hybridized carbons (Fsp3) is 0.375. The van der Waals surface area contributed by atoms with Crippen LogP contribution in [-0.2, 0) is 6.42 Å². The first-order valence-electron chi connectivity index (χ1n) is 6.88. The molecule has 0 atom stereocenters. The van der Waals surface area contributed by atoms with Crippen molar-refractivity contribution in [1.82, 2.24) is 0 Å². The molecule has 1 aromatic rings. The van der Waals surface area contributed by atoms with Gasteiger partial charge in [0.25, 0.3) is 0 Å². The molecule has 0 unspecified atom stereocenters. The van der Waals surface area contributed by atoms with E-state index in [2.05, 4.69) is 0 Å². The molecule has 0 fully saturated rings. The molecule has 0 heterocycles. The van der Waals surface area contributed by atoms with E-state index in [4.69, 9.17) is 0 Å². The summed E-state index contributed by atoms with van der Waals surface area (Å²) in [7, 11) is 0. The second kappa shape index (κ2) is 5.49. The number of hydrogen-bond donors (Lipinski definition) is 2. The summed E-state index contributed by atoms with van der Waals surface area (Å²) in [6.45, 7) is 3.85. The van der Waals surface area contributed by atoms with Crippen LogP contribution in [0.4, 0.5) is 0 Å². The molecule has 20 heavy (non-hydrogen) atoms. The van der Waals surface area contributed by atoms with Crippen molar-refractivity contribution < 1.29 is 19.8 Å². The number of phenols is 2. The highest BCUT2D eigenvalue weighted by Gasteiger charge is 2.31. The van der Waals surface area contributed by atoms with Crippen LogP contribution in [0.2, 0.25) is 0 Å². The molecule has 1 aliphatic carbocycles. The topological polar surface area (TPSA) is 74.6 Å². The smallest absolute Gasteiger partial charge is 0.193 e. The van der Waals surface area contributed by atoms with Gasteiger partial charge in [-0.15, -0.1) is 0 Å². The minimum atomic E-state index is -0.409. The minimum absolute atomic E-state index is 0.0571. The lowest BCUT2D eigenvalue weighted by Crippen LogP contribution is -2.18. The number of fused-ring (bicyclic) bond motifs is 1. The monoisotopic (exact) mass is 274 g/mol. The first-order valence-corrected chi connectivity index (χ1v) is 6.88. The normalized spacial score (nSPS) is 14.2. The van der Waals surface area contributed by atoms with E-state index in [0.29, 0.717) is 24.0 Å². The molecule has 0 bridgehead atoms. The van der Waals surface area contributed by atoms with Gasteiger partial charge in [0, 0.05) is 5.57 Å². The predicted molar refractivity (Wildman–Crippen MR) is 75.4 cm³/mol. The van der Waals surface area contributed by atoms with Crippen LogP contribution in [0.3, 0.4) is 0 Å². The number of aromatic hydroxyl groups is 2. The number of allylic oxidation sites excluding steroid dienone is 2. The molecule has 2 rings (SSSR count). The summed E-state index contributed by atoms with van der Waals surface area (Å²) >= 11 is 0.